The van der Waals surface area contributed by atoms with Crippen LogP contribution < -0.4 is 4.74 Å². The van der Waals surface area contributed by atoms with E-state index < -0.39 is 10.9 Å². The second-order valence-corrected chi connectivity index (χ2v) is 7.31. The van der Waals surface area contributed by atoms with E-state index in [1.54, 1.807) is 42.5 Å². The van der Waals surface area contributed by atoms with Crippen LogP contribution in [0.5, 0.6) is 5.75 Å². The number of aromatic carboxylic acids is 1. The summed E-state index contributed by atoms with van der Waals surface area (Å²) in [5, 5.41) is 29.4. The first kappa shape index (κ1) is 21.7. The molecular formula is C23H15BrN2O5. The maximum atomic E-state index is 11.0. The molecule has 0 unspecified atom stereocenters. The maximum Gasteiger partial charge on any atom is 0.335 e. The van der Waals surface area contributed by atoms with Crippen molar-refractivity contribution in [1.29, 1.82) is 5.26 Å². The van der Waals surface area contributed by atoms with Gasteiger partial charge in [-0.3, -0.25) is 10.1 Å². The van der Waals surface area contributed by atoms with Gasteiger partial charge in [0.05, 0.1) is 26.6 Å². The number of ether oxygens (including phenoxy) is 1. The number of nitriles is 1. The standard InChI is InChI=1S/C23H15BrN2O5/c24-21-11-16(10-19(13-25)18-2-1-3-20(12-18)26(29)30)6-9-22(21)31-14-15-4-7-17(8-5-15)23(27)28/h1-12H,14H2,(H,27,28)/b19-10-. The number of carbonyl (C=O) groups is 1. The Morgan fingerprint density at radius 3 is 2.48 bits per heavy atom. The molecule has 0 aliphatic rings. The number of allylic oxidation sites excluding steroid dienone is 1. The van der Waals surface area contributed by atoms with Gasteiger partial charge >= 0.3 is 5.97 Å². The topological polar surface area (TPSA) is 113 Å². The summed E-state index contributed by atoms with van der Waals surface area (Å²) in [6.45, 7) is 0.255. The van der Waals surface area contributed by atoms with Gasteiger partial charge in [0.1, 0.15) is 12.4 Å². The minimum absolute atomic E-state index is 0.0834. The van der Waals surface area contributed by atoms with E-state index >= 15 is 0 Å². The molecule has 1 N–H and O–H groups in total. The molecule has 0 spiro atoms. The van der Waals surface area contributed by atoms with Gasteiger partial charge in [-0.2, -0.15) is 5.26 Å². The first-order valence-electron chi connectivity index (χ1n) is 8.98. The molecule has 31 heavy (non-hydrogen) atoms. The lowest BCUT2D eigenvalue weighted by molar-refractivity contribution is -0.384. The van der Waals surface area contributed by atoms with Crippen LogP contribution in [0.4, 0.5) is 5.69 Å². The van der Waals surface area contributed by atoms with Gasteiger partial charge in [0, 0.05) is 12.1 Å². The number of hydrogen-bond acceptors (Lipinski definition) is 5. The van der Waals surface area contributed by atoms with Gasteiger partial charge in [-0.1, -0.05) is 30.3 Å². The predicted molar refractivity (Wildman–Crippen MR) is 118 cm³/mol. The van der Waals surface area contributed by atoms with Gasteiger partial charge in [0.2, 0.25) is 0 Å². The summed E-state index contributed by atoms with van der Waals surface area (Å²) in [7, 11) is 0. The molecule has 3 aromatic carbocycles. The highest BCUT2D eigenvalue weighted by Gasteiger charge is 2.10. The van der Waals surface area contributed by atoms with E-state index in [1.165, 1.54) is 30.3 Å². The van der Waals surface area contributed by atoms with E-state index in [0.29, 0.717) is 26.9 Å². The van der Waals surface area contributed by atoms with Gasteiger partial charge < -0.3 is 9.84 Å². The Balaban J connectivity index is 1.76. The van der Waals surface area contributed by atoms with E-state index in [4.69, 9.17) is 9.84 Å². The van der Waals surface area contributed by atoms with Crippen molar-refractivity contribution in [2.45, 2.75) is 6.61 Å². The molecule has 0 radical (unpaired) electrons. The second-order valence-electron chi connectivity index (χ2n) is 6.46. The molecule has 3 rings (SSSR count). The summed E-state index contributed by atoms with van der Waals surface area (Å²) in [6.07, 6.45) is 1.64. The largest absolute Gasteiger partial charge is 0.488 e. The number of nitrogens with zero attached hydrogens (tertiary/aromatic N) is 2. The molecule has 0 amide bonds. The smallest absolute Gasteiger partial charge is 0.335 e. The van der Waals surface area contributed by atoms with Crippen molar-refractivity contribution in [3.63, 3.8) is 0 Å². The lowest BCUT2D eigenvalue weighted by Crippen LogP contribution is -1.99. The molecule has 0 fully saturated rings. The van der Waals surface area contributed by atoms with Crippen LogP contribution in [-0.2, 0) is 6.61 Å². The van der Waals surface area contributed by atoms with Crippen molar-refractivity contribution in [3.8, 4) is 11.8 Å². The number of hydrogen-bond donors (Lipinski definition) is 1. The second kappa shape index (κ2) is 9.69. The summed E-state index contributed by atoms with van der Waals surface area (Å²) in [4.78, 5) is 21.4. The fourth-order valence-corrected chi connectivity index (χ4v) is 3.27. The number of nitro groups is 1. The van der Waals surface area contributed by atoms with E-state index in [0.717, 1.165) is 5.56 Å². The highest BCUT2D eigenvalue weighted by atomic mass is 79.9. The Labute approximate surface area is 186 Å². The zero-order chi connectivity index (χ0) is 22.4. The molecule has 0 aliphatic carbocycles. The Morgan fingerprint density at radius 1 is 1.13 bits per heavy atom. The van der Waals surface area contributed by atoms with Gasteiger partial charge in [0.25, 0.3) is 5.69 Å². The lowest BCUT2D eigenvalue weighted by Gasteiger charge is -2.09. The third-order valence-electron chi connectivity index (χ3n) is 4.35. The van der Waals surface area contributed by atoms with Crippen molar-refractivity contribution < 1.29 is 19.6 Å². The Morgan fingerprint density at radius 2 is 1.87 bits per heavy atom. The molecule has 0 saturated heterocycles. The lowest BCUT2D eigenvalue weighted by atomic mass is 10.0. The number of carboxylic acid groups (broad SMARTS) is 1. The monoisotopic (exact) mass is 478 g/mol. The number of nitro benzene ring substituents is 1. The molecule has 154 valence electrons. The van der Waals surface area contributed by atoms with Gasteiger partial charge in [-0.25, -0.2) is 4.79 Å². The summed E-state index contributed by atoms with van der Waals surface area (Å²) in [5.74, 6) is -0.408. The summed E-state index contributed by atoms with van der Waals surface area (Å²) in [6, 6.07) is 19.7. The molecule has 0 aromatic heterocycles. The Bertz CT molecular complexity index is 1210. The van der Waals surface area contributed by atoms with Gasteiger partial charge in [0.15, 0.2) is 0 Å². The van der Waals surface area contributed by atoms with Gasteiger partial charge in [-0.05, 0) is 63.0 Å². The van der Waals surface area contributed by atoms with E-state index in [2.05, 4.69) is 22.0 Å². The van der Waals surface area contributed by atoms with Crippen LogP contribution in [0.3, 0.4) is 0 Å². The average Bonchev–Trinajstić information content (AvgIpc) is 2.77. The third kappa shape index (κ3) is 5.56. The molecule has 0 bridgehead atoms. The molecule has 8 heteroatoms. The van der Waals surface area contributed by atoms with E-state index in [1.807, 2.05) is 0 Å². The molecule has 0 atom stereocenters. The van der Waals surface area contributed by atoms with Crippen molar-refractivity contribution >= 4 is 39.2 Å². The van der Waals surface area contributed by atoms with Crippen LogP contribution in [0.2, 0.25) is 0 Å². The first-order chi connectivity index (χ1) is 14.9. The summed E-state index contributed by atoms with van der Waals surface area (Å²) < 4.78 is 6.45. The minimum Gasteiger partial charge on any atom is -0.488 e. The highest BCUT2D eigenvalue weighted by molar-refractivity contribution is 9.10. The van der Waals surface area contributed by atoms with E-state index in [9.17, 15) is 20.2 Å². The first-order valence-corrected chi connectivity index (χ1v) is 9.78. The van der Waals surface area contributed by atoms with E-state index in [-0.39, 0.29) is 17.9 Å². The Hall–Kier alpha value is -3.96. The number of carboxylic acids is 1. The van der Waals surface area contributed by atoms with Crippen LogP contribution in [0.15, 0.2) is 71.2 Å². The SMILES string of the molecule is N#C/C(=C/c1ccc(OCc2ccc(C(=O)O)cc2)c(Br)c1)c1cccc([N+](=O)[O-])c1. The Kier molecular flexibility index (Phi) is 6.80. The van der Waals surface area contributed by atoms with Crippen molar-refractivity contribution in [3.05, 3.63) is 104 Å². The molecule has 0 saturated carbocycles. The number of benzene rings is 3. The van der Waals surface area contributed by atoms with Crippen molar-refractivity contribution in [2.75, 3.05) is 0 Å². The fourth-order valence-electron chi connectivity index (χ4n) is 2.76. The van der Waals surface area contributed by atoms with Crippen molar-refractivity contribution in [1.82, 2.24) is 0 Å². The van der Waals surface area contributed by atoms with Gasteiger partial charge in [-0.15, -0.1) is 0 Å². The summed E-state index contributed by atoms with van der Waals surface area (Å²) >= 11 is 3.45. The number of non-ortho nitro benzene ring substituents is 1. The van der Waals surface area contributed by atoms with Crippen LogP contribution in [0.25, 0.3) is 11.6 Å². The quantitative estimate of drug-likeness (QED) is 0.201. The molecule has 3 aromatic rings. The third-order valence-corrected chi connectivity index (χ3v) is 4.97. The molecule has 0 aliphatic heterocycles. The van der Waals surface area contributed by atoms with Crippen LogP contribution in [0, 0.1) is 21.4 Å². The molecule has 7 nitrogen and oxygen atoms in total. The van der Waals surface area contributed by atoms with Crippen LogP contribution >= 0.6 is 15.9 Å². The zero-order valence-corrected chi connectivity index (χ0v) is 17.6. The number of halogens is 1. The molecule has 0 heterocycles. The highest BCUT2D eigenvalue weighted by Crippen LogP contribution is 2.29. The predicted octanol–water partition coefficient (Wildman–Crippen LogP) is 5.70. The fraction of sp³-hybridized carbons (Fsp3) is 0.0435. The summed E-state index contributed by atoms with van der Waals surface area (Å²) in [5.41, 5.74) is 2.41. The van der Waals surface area contributed by atoms with Crippen LogP contribution in [0.1, 0.15) is 27.0 Å². The van der Waals surface area contributed by atoms with Crippen LogP contribution in [-0.4, -0.2) is 16.0 Å². The number of rotatable bonds is 7. The zero-order valence-electron chi connectivity index (χ0n) is 16.0. The minimum atomic E-state index is -0.985. The average molecular weight is 479 g/mol. The maximum absolute atomic E-state index is 11.0. The molecular weight excluding hydrogens is 464 g/mol. The normalized spacial score (nSPS) is 10.9. The van der Waals surface area contributed by atoms with Crippen molar-refractivity contribution in [2.24, 2.45) is 0 Å².